The molecule has 0 radical (unpaired) electrons. The minimum Gasteiger partial charge on any atom is -0.486 e. The van der Waals surface area contributed by atoms with Crippen LogP contribution in [0.25, 0.3) is 0 Å². The number of nitrogens with one attached hydrogen (secondary N) is 1. The minimum atomic E-state index is -0.255. The Morgan fingerprint density at radius 3 is 2.62 bits per heavy atom. The van der Waals surface area contributed by atoms with Crippen molar-refractivity contribution >= 4 is 29.3 Å². The van der Waals surface area contributed by atoms with Crippen LogP contribution in [-0.4, -0.2) is 50.8 Å². The molecule has 2 amide bonds. The summed E-state index contributed by atoms with van der Waals surface area (Å²) in [6.07, 6.45) is 1.74. The summed E-state index contributed by atoms with van der Waals surface area (Å²) in [5, 5.41) is 11.8. The van der Waals surface area contributed by atoms with Crippen LogP contribution in [0.15, 0.2) is 66.3 Å². The molecular weight excluding hydrogens is 450 g/mol. The van der Waals surface area contributed by atoms with Crippen molar-refractivity contribution in [1.29, 1.82) is 0 Å². The second kappa shape index (κ2) is 12.0. The lowest BCUT2D eigenvalue weighted by Crippen LogP contribution is -2.36. The number of hydrogen-bond acceptors (Lipinski definition) is 6. The number of likely N-dealkylation sites (N-methyl/N-ethyl adjacent to an activating group) is 1. The number of nitrogens with zero attached hydrogens (tertiary/aromatic N) is 4. The van der Waals surface area contributed by atoms with Crippen molar-refractivity contribution in [3.63, 3.8) is 0 Å². The maximum atomic E-state index is 12.6. The zero-order valence-corrected chi connectivity index (χ0v) is 20.5. The molecule has 1 N–H and O–H groups in total. The first-order valence-corrected chi connectivity index (χ1v) is 11.8. The fourth-order valence-corrected chi connectivity index (χ4v) is 3.98. The molecule has 0 aliphatic carbocycles. The predicted molar refractivity (Wildman–Crippen MR) is 134 cm³/mol. The first-order valence-electron chi connectivity index (χ1n) is 10.8. The summed E-state index contributed by atoms with van der Waals surface area (Å²) in [5.74, 6) is 1.08. The number of carbonyl (C=O) groups is 2. The fraction of sp³-hybridized carbons (Fsp3) is 0.280. The van der Waals surface area contributed by atoms with Crippen LogP contribution >= 0.6 is 11.8 Å². The largest absolute Gasteiger partial charge is 0.486 e. The van der Waals surface area contributed by atoms with Crippen molar-refractivity contribution in [2.24, 2.45) is 0 Å². The summed E-state index contributed by atoms with van der Waals surface area (Å²) in [6.45, 7) is 8.48. The normalized spacial score (nSPS) is 10.6. The van der Waals surface area contributed by atoms with E-state index in [-0.39, 0.29) is 30.7 Å². The van der Waals surface area contributed by atoms with E-state index in [1.807, 2.05) is 66.9 Å². The monoisotopic (exact) mass is 479 g/mol. The van der Waals surface area contributed by atoms with Crippen LogP contribution < -0.4 is 10.1 Å². The van der Waals surface area contributed by atoms with Crippen molar-refractivity contribution in [3.05, 3.63) is 78.1 Å². The van der Waals surface area contributed by atoms with Gasteiger partial charge in [0.25, 0.3) is 0 Å². The maximum absolute atomic E-state index is 12.6. The number of anilines is 1. The second-order valence-electron chi connectivity index (χ2n) is 7.86. The highest BCUT2D eigenvalue weighted by Crippen LogP contribution is 2.20. The van der Waals surface area contributed by atoms with E-state index in [0.717, 1.165) is 16.9 Å². The third-order valence-corrected chi connectivity index (χ3v) is 5.88. The van der Waals surface area contributed by atoms with Crippen LogP contribution in [0.5, 0.6) is 5.75 Å². The van der Waals surface area contributed by atoms with E-state index < -0.39 is 0 Å². The van der Waals surface area contributed by atoms with Crippen molar-refractivity contribution in [1.82, 2.24) is 19.7 Å². The molecule has 9 heteroatoms. The van der Waals surface area contributed by atoms with Gasteiger partial charge in [-0.25, -0.2) is 0 Å². The Bertz CT molecular complexity index is 1140. The number of hydrogen-bond donors (Lipinski definition) is 1. The van der Waals surface area contributed by atoms with Crippen LogP contribution in [0.4, 0.5) is 5.69 Å². The number of amides is 2. The van der Waals surface area contributed by atoms with Gasteiger partial charge in [0.15, 0.2) is 11.0 Å². The Kier molecular flexibility index (Phi) is 8.86. The molecule has 0 fully saturated rings. The lowest BCUT2D eigenvalue weighted by Gasteiger charge is -2.16. The Morgan fingerprint density at radius 2 is 1.91 bits per heavy atom. The van der Waals surface area contributed by atoms with Gasteiger partial charge in [0, 0.05) is 19.3 Å². The lowest BCUT2D eigenvalue weighted by molar-refractivity contribution is -0.131. The molecule has 1 aromatic heterocycles. The molecule has 3 rings (SSSR count). The molecule has 3 aromatic rings. The molecule has 0 spiro atoms. The zero-order valence-electron chi connectivity index (χ0n) is 19.7. The molecule has 8 nitrogen and oxygen atoms in total. The molecule has 2 aromatic carbocycles. The standard InChI is InChI=1S/C25H29N5O3S/c1-5-13-30-22(16-33-21-8-6-7-19(3)14-21)27-28-25(30)34-17-24(32)29(4)15-23(31)26-20-11-9-18(2)10-12-20/h5-12,14H,1,13,15-17H2,2-4H3,(H,26,31). The second-order valence-corrected chi connectivity index (χ2v) is 8.80. The molecule has 0 saturated carbocycles. The first kappa shape index (κ1) is 25.0. The number of ether oxygens (including phenoxy) is 1. The van der Waals surface area contributed by atoms with Crippen molar-refractivity contribution in [2.45, 2.75) is 32.2 Å². The van der Waals surface area contributed by atoms with Crippen LogP contribution in [0.3, 0.4) is 0 Å². The van der Waals surface area contributed by atoms with E-state index in [1.165, 1.54) is 16.7 Å². The van der Waals surface area contributed by atoms with Crippen LogP contribution in [0, 0.1) is 13.8 Å². The van der Waals surface area contributed by atoms with Crippen LogP contribution in [-0.2, 0) is 22.7 Å². The summed E-state index contributed by atoms with van der Waals surface area (Å²) in [5.41, 5.74) is 2.91. The lowest BCUT2D eigenvalue weighted by atomic mass is 10.2. The van der Waals surface area contributed by atoms with Crippen molar-refractivity contribution in [2.75, 3.05) is 24.7 Å². The topological polar surface area (TPSA) is 89.3 Å². The van der Waals surface area contributed by atoms with E-state index in [0.29, 0.717) is 23.2 Å². The average Bonchev–Trinajstić information content (AvgIpc) is 3.19. The number of carbonyl (C=O) groups excluding carboxylic acids is 2. The van der Waals surface area contributed by atoms with Gasteiger partial charge in [0.05, 0.1) is 12.3 Å². The first-order chi connectivity index (χ1) is 16.4. The minimum absolute atomic E-state index is 0.0395. The average molecular weight is 480 g/mol. The van der Waals surface area contributed by atoms with Gasteiger partial charge in [0.1, 0.15) is 12.4 Å². The third kappa shape index (κ3) is 7.21. The van der Waals surface area contributed by atoms with Gasteiger partial charge in [0.2, 0.25) is 11.8 Å². The van der Waals surface area contributed by atoms with Gasteiger partial charge < -0.3 is 15.0 Å². The molecule has 0 saturated heterocycles. The maximum Gasteiger partial charge on any atom is 0.243 e. The van der Waals surface area contributed by atoms with Gasteiger partial charge in [-0.1, -0.05) is 47.7 Å². The fourth-order valence-electron chi connectivity index (χ4n) is 3.08. The Balaban J connectivity index is 1.53. The summed E-state index contributed by atoms with van der Waals surface area (Å²) in [6, 6.07) is 15.3. The number of thioether (sulfide) groups is 1. The van der Waals surface area contributed by atoms with Crippen LogP contribution in [0.1, 0.15) is 17.0 Å². The van der Waals surface area contributed by atoms with Gasteiger partial charge in [-0.3, -0.25) is 14.2 Å². The SMILES string of the molecule is C=CCn1c(COc2cccc(C)c2)nnc1SCC(=O)N(C)CC(=O)Nc1ccc(C)cc1. The number of aryl methyl sites for hydroxylation is 2. The highest BCUT2D eigenvalue weighted by atomic mass is 32.2. The van der Waals surface area contributed by atoms with Gasteiger partial charge in [-0.15, -0.1) is 16.8 Å². The highest BCUT2D eigenvalue weighted by Gasteiger charge is 2.17. The molecule has 178 valence electrons. The van der Waals surface area contributed by atoms with Gasteiger partial charge in [-0.05, 0) is 43.7 Å². The van der Waals surface area contributed by atoms with Crippen LogP contribution in [0.2, 0.25) is 0 Å². The smallest absolute Gasteiger partial charge is 0.243 e. The molecule has 1 heterocycles. The van der Waals surface area contributed by atoms with Gasteiger partial charge in [-0.2, -0.15) is 0 Å². The molecule has 0 unspecified atom stereocenters. The Morgan fingerprint density at radius 1 is 1.15 bits per heavy atom. The summed E-state index contributed by atoms with van der Waals surface area (Å²) in [7, 11) is 1.60. The highest BCUT2D eigenvalue weighted by molar-refractivity contribution is 7.99. The zero-order chi connectivity index (χ0) is 24.5. The van der Waals surface area contributed by atoms with E-state index in [9.17, 15) is 9.59 Å². The molecule has 0 aliphatic rings. The van der Waals surface area contributed by atoms with E-state index in [1.54, 1.807) is 13.1 Å². The van der Waals surface area contributed by atoms with E-state index in [2.05, 4.69) is 22.1 Å². The molecule has 0 aliphatic heterocycles. The Hall–Kier alpha value is -3.59. The van der Waals surface area contributed by atoms with Crippen molar-refractivity contribution < 1.29 is 14.3 Å². The van der Waals surface area contributed by atoms with Crippen molar-refractivity contribution in [3.8, 4) is 5.75 Å². The summed E-state index contributed by atoms with van der Waals surface area (Å²) < 4.78 is 7.72. The Labute approximate surface area is 204 Å². The van der Waals surface area contributed by atoms with Gasteiger partial charge >= 0.3 is 0 Å². The number of allylic oxidation sites excluding steroid dienone is 1. The molecule has 34 heavy (non-hydrogen) atoms. The van der Waals surface area contributed by atoms with E-state index >= 15 is 0 Å². The molecular formula is C25H29N5O3S. The molecule has 0 bridgehead atoms. The number of benzene rings is 2. The third-order valence-electron chi connectivity index (χ3n) is 4.93. The van der Waals surface area contributed by atoms with E-state index in [4.69, 9.17) is 4.74 Å². The predicted octanol–water partition coefficient (Wildman–Crippen LogP) is 3.85. The number of aromatic nitrogens is 3. The quantitative estimate of drug-likeness (QED) is 0.332. The molecule has 0 atom stereocenters. The number of rotatable bonds is 11. The summed E-state index contributed by atoms with van der Waals surface area (Å²) in [4.78, 5) is 26.3. The summed E-state index contributed by atoms with van der Waals surface area (Å²) >= 11 is 1.26.